The highest BCUT2D eigenvalue weighted by Crippen LogP contribution is 2.37. The lowest BCUT2D eigenvalue weighted by atomic mass is 10.0. The Hall–Kier alpha value is -6.22. The molecule has 9 heteroatoms. The highest BCUT2D eigenvalue weighted by Gasteiger charge is 2.31. The van der Waals surface area contributed by atoms with Crippen LogP contribution in [0.3, 0.4) is 0 Å². The van der Waals surface area contributed by atoms with Gasteiger partial charge in [-0.25, -0.2) is 0 Å². The normalized spacial score (nSPS) is 16.2. The van der Waals surface area contributed by atoms with E-state index in [2.05, 4.69) is 25.3 Å². The second-order valence-corrected chi connectivity index (χ2v) is 14.1. The first-order chi connectivity index (χ1) is 27.1. The molecule has 2 N–H and O–H groups in total. The van der Waals surface area contributed by atoms with Crippen molar-refractivity contribution in [2.24, 2.45) is 0 Å². The van der Waals surface area contributed by atoms with E-state index in [4.69, 9.17) is 24.7 Å². The molecule has 0 saturated carbocycles. The third-order valence-electron chi connectivity index (χ3n) is 10.4. The molecule has 2 amide bonds. The van der Waals surface area contributed by atoms with Crippen molar-refractivity contribution in [2.45, 2.75) is 58.0 Å². The van der Waals surface area contributed by atoms with Crippen molar-refractivity contribution in [2.75, 3.05) is 33.2 Å². The molecule has 0 saturated heterocycles. The maximum Gasteiger partial charge on any atom is 0.258 e. The van der Waals surface area contributed by atoms with Crippen molar-refractivity contribution in [3.8, 4) is 23.0 Å². The van der Waals surface area contributed by atoms with E-state index in [0.717, 1.165) is 52.7 Å². The Kier molecular flexibility index (Phi) is 12.6. The molecule has 0 aromatic heterocycles. The van der Waals surface area contributed by atoms with Crippen LogP contribution in [0, 0.1) is 13.8 Å². The van der Waals surface area contributed by atoms with E-state index in [1.54, 1.807) is 42.2 Å². The number of hydrogen-bond donors (Lipinski definition) is 1. The van der Waals surface area contributed by atoms with Crippen LogP contribution < -0.4 is 24.7 Å². The fraction of sp³-hybridized carbons (Fsp3) is 0.277. The second kappa shape index (κ2) is 17.9. The summed E-state index contributed by atoms with van der Waals surface area (Å²) in [5, 5.41) is 0. The number of nitrogens with two attached hydrogens (primary N) is 1. The predicted octanol–water partition coefficient (Wildman–Crippen LogP) is 9.41. The van der Waals surface area contributed by atoms with Crippen molar-refractivity contribution >= 4 is 28.6 Å². The van der Waals surface area contributed by atoms with E-state index in [0.29, 0.717) is 65.9 Å². The summed E-state index contributed by atoms with van der Waals surface area (Å²) in [5.74, 6) is 1.95. The number of carbonyl (C=O) groups excluding carboxylic acids is 2. The molecular formula is C47H51N3O6. The highest BCUT2D eigenvalue weighted by atomic mass is 16.5. The van der Waals surface area contributed by atoms with Gasteiger partial charge < -0.3 is 34.5 Å². The van der Waals surface area contributed by atoms with Crippen molar-refractivity contribution in [1.82, 2.24) is 9.80 Å². The zero-order valence-corrected chi connectivity index (χ0v) is 32.8. The van der Waals surface area contributed by atoms with Crippen LogP contribution in [0.25, 0.3) is 11.1 Å². The zero-order valence-electron chi connectivity index (χ0n) is 32.8. The summed E-state index contributed by atoms with van der Waals surface area (Å²) in [5.41, 5.74) is 13.6. The lowest BCUT2D eigenvalue weighted by molar-refractivity contribution is 0.0797. The van der Waals surface area contributed by atoms with E-state index in [-0.39, 0.29) is 23.9 Å². The fourth-order valence-corrected chi connectivity index (χ4v) is 7.22. The first-order valence-electron chi connectivity index (χ1n) is 19.0. The van der Waals surface area contributed by atoms with Gasteiger partial charge in [-0.05, 0) is 116 Å². The van der Waals surface area contributed by atoms with Gasteiger partial charge in [0.1, 0.15) is 0 Å². The van der Waals surface area contributed by atoms with Crippen molar-refractivity contribution < 1.29 is 28.5 Å². The third-order valence-corrected chi connectivity index (χ3v) is 10.4. The number of methoxy groups -OCH3 is 2. The van der Waals surface area contributed by atoms with E-state index < -0.39 is 0 Å². The van der Waals surface area contributed by atoms with Crippen LogP contribution in [0.4, 0.5) is 5.69 Å². The number of nitrogen functional groups attached to an aromatic ring is 1. The molecule has 2 aliphatic heterocycles. The Labute approximate surface area is 330 Å². The summed E-state index contributed by atoms with van der Waals surface area (Å²) in [6.45, 7) is 12.7. The molecule has 0 radical (unpaired) electrons. The third kappa shape index (κ3) is 8.68. The number of aryl methyl sites for hydroxylation is 2. The molecule has 0 aliphatic carbocycles. The number of unbranched alkanes of at least 4 members (excludes halogenated alkanes) is 2. The van der Waals surface area contributed by atoms with Crippen molar-refractivity contribution in [3.63, 3.8) is 0 Å². The highest BCUT2D eigenvalue weighted by molar-refractivity contribution is 5.99. The van der Waals surface area contributed by atoms with E-state index in [1.165, 1.54) is 0 Å². The van der Waals surface area contributed by atoms with Gasteiger partial charge in [0.05, 0.1) is 39.5 Å². The van der Waals surface area contributed by atoms with Gasteiger partial charge in [0.15, 0.2) is 23.0 Å². The standard InChI is InChI=1S/C47H51N3O6/c1-7-38-25-35(33-16-11-9-12-17-33)29-49(38)46(51)40-27-42(53-5)44(22-31(40)3)55-20-13-10-14-21-56-45-23-32(4)41(28-43(45)54-6)47(52)50-30-36(26-39(50)8-2)34-18-15-19-37(48)24-34/h7-9,11-12,15-19,22-24,27-30,38-39H,1-2,10,13-14,20-21,25-26,48H2,3-6H3. The fourth-order valence-electron chi connectivity index (χ4n) is 7.22. The number of amides is 2. The molecule has 2 aliphatic rings. The maximum absolute atomic E-state index is 13.8. The van der Waals surface area contributed by atoms with E-state index in [9.17, 15) is 9.59 Å². The Morgan fingerprint density at radius 1 is 0.661 bits per heavy atom. The first kappa shape index (κ1) is 39.5. The van der Waals surface area contributed by atoms with Crippen LogP contribution in [-0.4, -0.2) is 61.1 Å². The average molecular weight is 754 g/mol. The lowest BCUT2D eigenvalue weighted by Gasteiger charge is -2.22. The Bertz CT molecular complexity index is 2160. The number of anilines is 1. The number of ether oxygens (including phenoxy) is 4. The van der Waals surface area contributed by atoms with Crippen molar-refractivity contribution in [1.29, 1.82) is 0 Å². The van der Waals surface area contributed by atoms with Gasteiger partial charge in [0.2, 0.25) is 0 Å². The van der Waals surface area contributed by atoms with Gasteiger partial charge in [-0.2, -0.15) is 0 Å². The number of benzene rings is 4. The monoisotopic (exact) mass is 753 g/mol. The van der Waals surface area contributed by atoms with E-state index in [1.807, 2.05) is 86.9 Å². The molecule has 4 aromatic carbocycles. The molecule has 2 heterocycles. The zero-order chi connectivity index (χ0) is 39.8. The minimum absolute atomic E-state index is 0.106. The topological polar surface area (TPSA) is 104 Å². The Morgan fingerprint density at radius 3 is 1.61 bits per heavy atom. The molecule has 0 fully saturated rings. The predicted molar refractivity (Wildman–Crippen MR) is 223 cm³/mol. The Morgan fingerprint density at radius 2 is 1.14 bits per heavy atom. The average Bonchev–Trinajstić information content (AvgIpc) is 3.86. The van der Waals surface area contributed by atoms with Gasteiger partial charge in [-0.3, -0.25) is 9.59 Å². The van der Waals surface area contributed by atoms with Gasteiger partial charge in [-0.15, -0.1) is 13.2 Å². The molecule has 0 bridgehead atoms. The van der Waals surface area contributed by atoms with Gasteiger partial charge in [0.25, 0.3) is 11.8 Å². The minimum Gasteiger partial charge on any atom is -0.493 e. The summed E-state index contributed by atoms with van der Waals surface area (Å²) >= 11 is 0. The number of nitrogens with zero attached hydrogens (tertiary/aromatic N) is 2. The van der Waals surface area contributed by atoms with Crippen LogP contribution in [0.2, 0.25) is 0 Å². The molecule has 6 rings (SSSR count). The number of carbonyl (C=O) groups is 2. The van der Waals surface area contributed by atoms with Gasteiger partial charge in [-0.1, -0.05) is 54.6 Å². The molecule has 2 atom stereocenters. The summed E-state index contributed by atoms with van der Waals surface area (Å²) in [6.07, 6.45) is 11.3. The van der Waals surface area contributed by atoms with Crippen LogP contribution in [0.1, 0.15) is 75.1 Å². The molecule has 4 aromatic rings. The van der Waals surface area contributed by atoms with Crippen LogP contribution in [-0.2, 0) is 0 Å². The van der Waals surface area contributed by atoms with Crippen LogP contribution in [0.15, 0.2) is 117 Å². The Balaban J connectivity index is 1.01. The molecule has 9 nitrogen and oxygen atoms in total. The largest absolute Gasteiger partial charge is 0.493 e. The number of hydrogen-bond acceptors (Lipinski definition) is 7. The molecule has 56 heavy (non-hydrogen) atoms. The molecular weight excluding hydrogens is 703 g/mol. The summed E-state index contributed by atoms with van der Waals surface area (Å²) in [4.78, 5) is 31.1. The van der Waals surface area contributed by atoms with Gasteiger partial charge in [0, 0.05) is 29.2 Å². The molecule has 0 spiro atoms. The summed E-state index contributed by atoms with van der Waals surface area (Å²) < 4.78 is 23.6. The van der Waals surface area contributed by atoms with Crippen LogP contribution >= 0.6 is 0 Å². The van der Waals surface area contributed by atoms with Gasteiger partial charge >= 0.3 is 0 Å². The first-order valence-corrected chi connectivity index (χ1v) is 19.0. The van der Waals surface area contributed by atoms with Crippen LogP contribution in [0.5, 0.6) is 23.0 Å². The maximum atomic E-state index is 13.8. The SMILES string of the molecule is C=CC1CC(c2ccccc2)=CN1C(=O)c1cc(OC)c(OCCCCCOc2cc(C)c(C(=O)N3C=C(c4cccc(N)c4)CC3C=C)cc2OC)cc1C. The quantitative estimate of drug-likeness (QED) is 0.0691. The summed E-state index contributed by atoms with van der Waals surface area (Å²) in [7, 11) is 3.16. The van der Waals surface area contributed by atoms with E-state index >= 15 is 0 Å². The smallest absolute Gasteiger partial charge is 0.258 e. The van der Waals surface area contributed by atoms with Crippen molar-refractivity contribution in [3.05, 3.63) is 150 Å². The second-order valence-electron chi connectivity index (χ2n) is 14.1. The lowest BCUT2D eigenvalue weighted by Crippen LogP contribution is -2.31. The molecule has 290 valence electrons. The minimum atomic E-state index is -0.171. The number of rotatable bonds is 16. The molecule has 2 unspecified atom stereocenters. The summed E-state index contributed by atoms with van der Waals surface area (Å²) in [6, 6.07) is 24.7.